The van der Waals surface area contributed by atoms with E-state index in [1.54, 1.807) is 0 Å². The van der Waals surface area contributed by atoms with Gasteiger partial charge < -0.3 is 0 Å². The first kappa shape index (κ1) is 9.60. The molecule has 2 rings (SSSR count). The summed E-state index contributed by atoms with van der Waals surface area (Å²) in [5.41, 5.74) is -0.202. The van der Waals surface area contributed by atoms with Crippen LogP contribution in [0.1, 0.15) is 20.7 Å². The van der Waals surface area contributed by atoms with Gasteiger partial charge in [0.25, 0.3) is 17.5 Å². The monoisotopic (exact) mass is 226 g/mol. The quantitative estimate of drug-likeness (QED) is 0.313. The zero-order valence-corrected chi connectivity index (χ0v) is 7.89. The average Bonchev–Trinajstić information content (AvgIpc) is 2.44. The van der Waals surface area contributed by atoms with Crippen molar-refractivity contribution in [3.05, 3.63) is 39.4 Å². The van der Waals surface area contributed by atoms with Gasteiger partial charge in [0.1, 0.15) is 0 Å². The highest BCUT2D eigenvalue weighted by Crippen LogP contribution is 2.27. The van der Waals surface area contributed by atoms with E-state index in [1.165, 1.54) is 6.07 Å². The molecular weight excluding hydrogens is 224 g/mol. The number of non-ortho nitro benzene ring substituents is 1. The molecule has 2 amide bonds. The van der Waals surface area contributed by atoms with Crippen molar-refractivity contribution in [1.82, 2.24) is 4.42 Å². The number of amides is 2. The Balaban J connectivity index is 2.61. The third-order valence-corrected chi connectivity index (χ3v) is 2.34. The van der Waals surface area contributed by atoms with E-state index in [-0.39, 0.29) is 16.8 Å². The summed E-state index contributed by atoms with van der Waals surface area (Å²) in [6.07, 6.45) is 0. The second-order valence-electron chi connectivity index (χ2n) is 2.88. The first-order valence-electron chi connectivity index (χ1n) is 3.85. The molecule has 0 aliphatic carbocycles. The van der Waals surface area contributed by atoms with Crippen molar-refractivity contribution in [3.63, 3.8) is 0 Å². The minimum absolute atomic E-state index is 0.0378. The lowest BCUT2D eigenvalue weighted by atomic mass is 10.1. The average molecular weight is 227 g/mol. The van der Waals surface area contributed by atoms with Gasteiger partial charge in [-0.1, -0.05) is 0 Å². The summed E-state index contributed by atoms with van der Waals surface area (Å²) < 4.78 is 0.411. The molecule has 15 heavy (non-hydrogen) atoms. The van der Waals surface area contributed by atoms with Crippen LogP contribution in [0.2, 0.25) is 0 Å². The van der Waals surface area contributed by atoms with Crippen molar-refractivity contribution in [2.45, 2.75) is 0 Å². The third-order valence-electron chi connectivity index (χ3n) is 2.03. The van der Waals surface area contributed by atoms with Crippen LogP contribution >= 0.6 is 11.8 Å². The largest absolute Gasteiger partial charge is 0.276 e. The van der Waals surface area contributed by atoms with Crippen molar-refractivity contribution in [1.29, 1.82) is 0 Å². The molecule has 0 bridgehead atoms. The molecular formula is C8H3ClN2O4. The predicted octanol–water partition coefficient (Wildman–Crippen LogP) is 1.34. The third kappa shape index (κ3) is 1.26. The number of nitrogens with zero attached hydrogens (tertiary/aromatic N) is 2. The first-order valence-corrected chi connectivity index (χ1v) is 4.19. The fourth-order valence-electron chi connectivity index (χ4n) is 1.31. The highest BCUT2D eigenvalue weighted by Gasteiger charge is 2.35. The fraction of sp³-hybridized carbons (Fsp3) is 0. The van der Waals surface area contributed by atoms with Crippen LogP contribution in [-0.4, -0.2) is 21.2 Å². The van der Waals surface area contributed by atoms with E-state index in [0.29, 0.717) is 4.42 Å². The number of rotatable bonds is 1. The maximum atomic E-state index is 11.3. The van der Waals surface area contributed by atoms with Crippen molar-refractivity contribution < 1.29 is 14.5 Å². The van der Waals surface area contributed by atoms with Gasteiger partial charge >= 0.3 is 0 Å². The minimum Gasteiger partial charge on any atom is -0.267 e. The van der Waals surface area contributed by atoms with Crippen molar-refractivity contribution >= 4 is 29.3 Å². The molecule has 0 saturated carbocycles. The summed E-state index contributed by atoms with van der Waals surface area (Å²) in [5, 5.41) is 10.4. The summed E-state index contributed by atoms with van der Waals surface area (Å²) in [7, 11) is 0. The number of fused-ring (bicyclic) bond motifs is 1. The van der Waals surface area contributed by atoms with Gasteiger partial charge in [0, 0.05) is 23.9 Å². The molecule has 7 heteroatoms. The Labute approximate surface area is 88.3 Å². The second kappa shape index (κ2) is 3.03. The molecule has 0 unspecified atom stereocenters. The maximum Gasteiger partial charge on any atom is 0.276 e. The Morgan fingerprint density at radius 2 is 1.80 bits per heavy atom. The molecule has 1 aliphatic heterocycles. The van der Waals surface area contributed by atoms with E-state index in [9.17, 15) is 19.7 Å². The second-order valence-corrected chi connectivity index (χ2v) is 3.22. The smallest absolute Gasteiger partial charge is 0.267 e. The number of hydrogen-bond acceptors (Lipinski definition) is 4. The number of hydrogen-bond donors (Lipinski definition) is 0. The van der Waals surface area contributed by atoms with Crippen molar-refractivity contribution in [3.8, 4) is 0 Å². The maximum absolute atomic E-state index is 11.3. The zero-order valence-electron chi connectivity index (χ0n) is 7.14. The normalized spacial score (nSPS) is 14.3. The van der Waals surface area contributed by atoms with E-state index >= 15 is 0 Å². The molecule has 0 fully saturated rings. The number of carbonyl (C=O) groups is 2. The number of nitro groups is 1. The number of carbonyl (C=O) groups excluding carboxylic acids is 2. The standard InChI is InChI=1S/C8H3ClN2O4/c9-10-7(12)5-2-1-4(11(14)15)3-6(5)8(10)13/h1-3H. The van der Waals surface area contributed by atoms with Crippen LogP contribution in [-0.2, 0) is 0 Å². The lowest BCUT2D eigenvalue weighted by Crippen LogP contribution is -2.18. The lowest BCUT2D eigenvalue weighted by molar-refractivity contribution is -0.384. The molecule has 1 aromatic rings. The Morgan fingerprint density at radius 3 is 2.40 bits per heavy atom. The summed E-state index contributed by atoms with van der Waals surface area (Å²) in [6, 6.07) is 3.41. The summed E-state index contributed by atoms with van der Waals surface area (Å²) in [5.74, 6) is -1.40. The summed E-state index contributed by atoms with van der Waals surface area (Å²) in [4.78, 5) is 32.4. The summed E-state index contributed by atoms with van der Waals surface area (Å²) in [6.45, 7) is 0. The van der Waals surface area contributed by atoms with Gasteiger partial charge in [-0.25, -0.2) is 0 Å². The van der Waals surface area contributed by atoms with Crippen LogP contribution in [0.15, 0.2) is 18.2 Å². The predicted molar refractivity (Wildman–Crippen MR) is 49.4 cm³/mol. The molecule has 0 spiro atoms. The molecule has 1 aliphatic rings. The highest BCUT2D eigenvalue weighted by atomic mass is 35.5. The van der Waals surface area contributed by atoms with Crippen molar-refractivity contribution in [2.75, 3.05) is 0 Å². The van der Waals surface area contributed by atoms with E-state index in [4.69, 9.17) is 11.8 Å². The van der Waals surface area contributed by atoms with Gasteiger partial charge in [0.05, 0.1) is 16.1 Å². The molecule has 6 nitrogen and oxygen atoms in total. The molecule has 1 heterocycles. The number of benzene rings is 1. The molecule has 0 aromatic heterocycles. The number of nitro benzene ring substituents is 1. The number of halogens is 1. The van der Waals surface area contributed by atoms with Gasteiger partial charge in [-0.2, -0.15) is 4.42 Å². The van der Waals surface area contributed by atoms with Gasteiger partial charge in [0.15, 0.2) is 0 Å². The SMILES string of the molecule is O=C1c2ccc([N+](=O)[O-])cc2C(=O)N1Cl. The van der Waals surface area contributed by atoms with E-state index in [0.717, 1.165) is 12.1 Å². The van der Waals surface area contributed by atoms with Gasteiger partial charge in [-0.15, -0.1) is 0 Å². The summed E-state index contributed by atoms with van der Waals surface area (Å²) >= 11 is 5.37. The van der Waals surface area contributed by atoms with Crippen LogP contribution in [0.5, 0.6) is 0 Å². The Kier molecular flexibility index (Phi) is 1.94. The van der Waals surface area contributed by atoms with Crippen LogP contribution in [0.4, 0.5) is 5.69 Å². The van der Waals surface area contributed by atoms with Crippen LogP contribution < -0.4 is 0 Å². The van der Waals surface area contributed by atoms with Crippen molar-refractivity contribution in [2.24, 2.45) is 0 Å². The van der Waals surface area contributed by atoms with Crippen LogP contribution in [0.3, 0.4) is 0 Å². The van der Waals surface area contributed by atoms with Gasteiger partial charge in [-0.3, -0.25) is 19.7 Å². The molecule has 0 N–H and O–H groups in total. The van der Waals surface area contributed by atoms with Gasteiger partial charge in [0.2, 0.25) is 0 Å². The lowest BCUT2D eigenvalue weighted by Gasteiger charge is -1.97. The minimum atomic E-state index is -0.736. The Hall–Kier alpha value is -1.95. The van der Waals surface area contributed by atoms with E-state index in [2.05, 4.69) is 0 Å². The fourth-order valence-corrected chi connectivity index (χ4v) is 1.50. The molecule has 0 saturated heterocycles. The van der Waals surface area contributed by atoms with Crippen LogP contribution in [0.25, 0.3) is 0 Å². The topological polar surface area (TPSA) is 80.5 Å². The van der Waals surface area contributed by atoms with E-state index in [1.807, 2.05) is 0 Å². The Morgan fingerprint density at radius 1 is 1.20 bits per heavy atom. The van der Waals surface area contributed by atoms with E-state index < -0.39 is 16.7 Å². The number of imide groups is 1. The zero-order chi connectivity index (χ0) is 11.2. The molecule has 0 atom stereocenters. The highest BCUT2D eigenvalue weighted by molar-refractivity contribution is 6.39. The Bertz CT molecular complexity index is 499. The molecule has 76 valence electrons. The van der Waals surface area contributed by atoms with Gasteiger partial charge in [-0.05, 0) is 6.07 Å². The first-order chi connectivity index (χ1) is 7.02. The van der Waals surface area contributed by atoms with Crippen LogP contribution in [0, 0.1) is 10.1 Å². The molecule has 0 radical (unpaired) electrons. The molecule has 1 aromatic carbocycles.